The van der Waals surface area contributed by atoms with Crippen molar-refractivity contribution in [3.63, 3.8) is 0 Å². The van der Waals surface area contributed by atoms with E-state index in [0.717, 1.165) is 24.1 Å². The zero-order valence-electron chi connectivity index (χ0n) is 12.7. The van der Waals surface area contributed by atoms with Crippen molar-refractivity contribution in [2.45, 2.75) is 46.1 Å². The SMILES string of the molecule is COc1ccc(C)cc1C(C)NCC1CCC(C)C1. The first kappa shape index (κ1) is 14.4. The van der Waals surface area contributed by atoms with Gasteiger partial charge < -0.3 is 10.1 Å². The van der Waals surface area contributed by atoms with Crippen molar-refractivity contribution in [3.8, 4) is 5.75 Å². The molecule has 2 rings (SSSR count). The third-order valence-corrected chi connectivity index (χ3v) is 4.37. The van der Waals surface area contributed by atoms with Crippen LogP contribution in [0.2, 0.25) is 0 Å². The van der Waals surface area contributed by atoms with Crippen molar-refractivity contribution < 1.29 is 4.74 Å². The lowest BCUT2D eigenvalue weighted by Crippen LogP contribution is -2.25. The van der Waals surface area contributed by atoms with Gasteiger partial charge in [0.2, 0.25) is 0 Å². The molecule has 1 aliphatic carbocycles. The van der Waals surface area contributed by atoms with Crippen LogP contribution in [0.1, 0.15) is 50.3 Å². The monoisotopic (exact) mass is 261 g/mol. The summed E-state index contributed by atoms with van der Waals surface area (Å²) in [5, 5.41) is 3.68. The Morgan fingerprint density at radius 3 is 2.79 bits per heavy atom. The number of aryl methyl sites for hydroxylation is 1. The van der Waals surface area contributed by atoms with Crippen LogP contribution in [-0.4, -0.2) is 13.7 Å². The number of ether oxygens (including phenoxy) is 1. The molecular formula is C17H27NO. The van der Waals surface area contributed by atoms with Gasteiger partial charge in [0, 0.05) is 11.6 Å². The van der Waals surface area contributed by atoms with E-state index in [9.17, 15) is 0 Å². The van der Waals surface area contributed by atoms with Crippen molar-refractivity contribution >= 4 is 0 Å². The van der Waals surface area contributed by atoms with Gasteiger partial charge in [-0.2, -0.15) is 0 Å². The van der Waals surface area contributed by atoms with Crippen LogP contribution in [0.15, 0.2) is 18.2 Å². The Hall–Kier alpha value is -1.02. The molecule has 2 nitrogen and oxygen atoms in total. The van der Waals surface area contributed by atoms with E-state index in [1.54, 1.807) is 7.11 Å². The van der Waals surface area contributed by atoms with Crippen molar-refractivity contribution in [2.24, 2.45) is 11.8 Å². The molecule has 0 aromatic heterocycles. The van der Waals surface area contributed by atoms with E-state index in [0.29, 0.717) is 6.04 Å². The van der Waals surface area contributed by atoms with Crippen LogP contribution >= 0.6 is 0 Å². The van der Waals surface area contributed by atoms with Crippen LogP contribution in [0.4, 0.5) is 0 Å². The molecule has 0 bridgehead atoms. The molecule has 3 atom stereocenters. The van der Waals surface area contributed by atoms with Crippen molar-refractivity contribution in [2.75, 3.05) is 13.7 Å². The average molecular weight is 261 g/mol. The van der Waals surface area contributed by atoms with Gasteiger partial charge in [-0.15, -0.1) is 0 Å². The summed E-state index contributed by atoms with van der Waals surface area (Å²) in [6.07, 6.45) is 4.16. The lowest BCUT2D eigenvalue weighted by molar-refractivity contribution is 0.393. The standard InChI is InChI=1S/C17H27NO/c1-12-5-7-15(9-12)11-18-14(3)16-10-13(2)6-8-17(16)19-4/h6,8,10,12,14-15,18H,5,7,9,11H2,1-4H3. The van der Waals surface area contributed by atoms with E-state index in [4.69, 9.17) is 4.74 Å². The fourth-order valence-electron chi connectivity index (χ4n) is 3.16. The molecule has 0 aliphatic heterocycles. The van der Waals surface area contributed by atoms with Crippen LogP contribution in [-0.2, 0) is 0 Å². The molecule has 1 N–H and O–H groups in total. The molecule has 1 aliphatic rings. The second kappa shape index (κ2) is 6.42. The van der Waals surface area contributed by atoms with Crippen LogP contribution in [0, 0.1) is 18.8 Å². The van der Waals surface area contributed by atoms with Gasteiger partial charge in [0.05, 0.1) is 7.11 Å². The number of hydrogen-bond donors (Lipinski definition) is 1. The molecule has 0 amide bonds. The van der Waals surface area contributed by atoms with E-state index in [1.165, 1.54) is 30.4 Å². The Morgan fingerprint density at radius 2 is 2.16 bits per heavy atom. The highest BCUT2D eigenvalue weighted by Gasteiger charge is 2.22. The Kier molecular flexibility index (Phi) is 4.87. The Morgan fingerprint density at radius 1 is 1.37 bits per heavy atom. The predicted octanol–water partition coefficient (Wildman–Crippen LogP) is 4.09. The Bertz CT molecular complexity index is 416. The van der Waals surface area contributed by atoms with Crippen LogP contribution in [0.5, 0.6) is 5.75 Å². The highest BCUT2D eigenvalue weighted by Crippen LogP contribution is 2.31. The highest BCUT2D eigenvalue weighted by atomic mass is 16.5. The van der Waals surface area contributed by atoms with E-state index >= 15 is 0 Å². The van der Waals surface area contributed by atoms with Crippen molar-refractivity contribution in [3.05, 3.63) is 29.3 Å². The number of methoxy groups -OCH3 is 1. The molecule has 19 heavy (non-hydrogen) atoms. The number of benzene rings is 1. The summed E-state index contributed by atoms with van der Waals surface area (Å²) in [7, 11) is 1.75. The average Bonchev–Trinajstić information content (AvgIpc) is 2.81. The molecule has 2 heteroatoms. The predicted molar refractivity (Wildman–Crippen MR) is 80.7 cm³/mol. The third-order valence-electron chi connectivity index (χ3n) is 4.37. The van der Waals surface area contributed by atoms with E-state index < -0.39 is 0 Å². The molecule has 1 saturated carbocycles. The summed E-state index contributed by atoms with van der Waals surface area (Å²) in [5.41, 5.74) is 2.56. The van der Waals surface area contributed by atoms with Crippen LogP contribution in [0.3, 0.4) is 0 Å². The maximum atomic E-state index is 5.47. The topological polar surface area (TPSA) is 21.3 Å². The van der Waals surface area contributed by atoms with Crippen LogP contribution < -0.4 is 10.1 Å². The summed E-state index contributed by atoms with van der Waals surface area (Å²) >= 11 is 0. The van der Waals surface area contributed by atoms with E-state index in [-0.39, 0.29) is 0 Å². The van der Waals surface area contributed by atoms with Gasteiger partial charge in [-0.05, 0) is 51.1 Å². The summed E-state index contributed by atoms with van der Waals surface area (Å²) in [6, 6.07) is 6.76. The molecule has 3 unspecified atom stereocenters. The van der Waals surface area contributed by atoms with Crippen molar-refractivity contribution in [1.29, 1.82) is 0 Å². The summed E-state index contributed by atoms with van der Waals surface area (Å²) < 4.78 is 5.47. The van der Waals surface area contributed by atoms with E-state index in [1.807, 2.05) is 0 Å². The first-order valence-electron chi connectivity index (χ1n) is 7.48. The van der Waals surface area contributed by atoms with Gasteiger partial charge in [0.1, 0.15) is 5.75 Å². The minimum Gasteiger partial charge on any atom is -0.496 e. The molecule has 0 heterocycles. The number of rotatable bonds is 5. The minimum absolute atomic E-state index is 0.353. The second-order valence-corrected chi connectivity index (χ2v) is 6.16. The molecular weight excluding hydrogens is 234 g/mol. The van der Waals surface area contributed by atoms with Crippen molar-refractivity contribution in [1.82, 2.24) is 5.32 Å². The molecule has 0 radical (unpaired) electrons. The third kappa shape index (κ3) is 3.73. The maximum Gasteiger partial charge on any atom is 0.123 e. The highest BCUT2D eigenvalue weighted by molar-refractivity contribution is 5.38. The van der Waals surface area contributed by atoms with Gasteiger partial charge in [-0.3, -0.25) is 0 Å². The molecule has 106 valence electrons. The second-order valence-electron chi connectivity index (χ2n) is 6.16. The Balaban J connectivity index is 1.95. The van der Waals surface area contributed by atoms with Gasteiger partial charge in [-0.25, -0.2) is 0 Å². The fraction of sp³-hybridized carbons (Fsp3) is 0.647. The van der Waals surface area contributed by atoms with Gasteiger partial charge in [0.15, 0.2) is 0 Å². The first-order valence-corrected chi connectivity index (χ1v) is 7.48. The number of hydrogen-bond acceptors (Lipinski definition) is 2. The smallest absolute Gasteiger partial charge is 0.123 e. The normalized spacial score (nSPS) is 24.4. The number of nitrogens with one attached hydrogen (secondary N) is 1. The lowest BCUT2D eigenvalue weighted by Gasteiger charge is -2.20. The summed E-state index contributed by atoms with van der Waals surface area (Å²) in [5.74, 6) is 2.76. The summed E-state index contributed by atoms with van der Waals surface area (Å²) in [4.78, 5) is 0. The molecule has 0 spiro atoms. The van der Waals surface area contributed by atoms with E-state index in [2.05, 4.69) is 44.3 Å². The summed E-state index contributed by atoms with van der Waals surface area (Å²) in [6.45, 7) is 7.86. The first-order chi connectivity index (χ1) is 9.10. The molecule has 0 saturated heterocycles. The molecule has 1 fully saturated rings. The molecule has 1 aromatic carbocycles. The van der Waals surface area contributed by atoms with Gasteiger partial charge >= 0.3 is 0 Å². The van der Waals surface area contributed by atoms with Gasteiger partial charge in [0.25, 0.3) is 0 Å². The van der Waals surface area contributed by atoms with Crippen LogP contribution in [0.25, 0.3) is 0 Å². The maximum absolute atomic E-state index is 5.47. The zero-order chi connectivity index (χ0) is 13.8. The lowest BCUT2D eigenvalue weighted by atomic mass is 10.0. The minimum atomic E-state index is 0.353. The zero-order valence-corrected chi connectivity index (χ0v) is 12.7. The largest absolute Gasteiger partial charge is 0.496 e. The quantitative estimate of drug-likeness (QED) is 0.862. The van der Waals surface area contributed by atoms with Gasteiger partial charge in [-0.1, -0.05) is 31.0 Å². The Labute approximate surface area is 117 Å². The fourth-order valence-corrected chi connectivity index (χ4v) is 3.16. The molecule has 1 aromatic rings.